The Kier molecular flexibility index (Phi) is 11.0. The van der Waals surface area contributed by atoms with Gasteiger partial charge in [-0.2, -0.15) is 0 Å². The zero-order chi connectivity index (χ0) is 11.7. The maximum atomic E-state index is 11.2. The van der Waals surface area contributed by atoms with E-state index in [4.69, 9.17) is 39.5 Å². The second kappa shape index (κ2) is 10.2. The lowest BCUT2D eigenvalue weighted by Gasteiger charge is -2.18. The van der Waals surface area contributed by atoms with Crippen molar-refractivity contribution in [2.75, 3.05) is 4.61 Å². The maximum Gasteiger partial charge on any atom is 0.309 e. The van der Waals surface area contributed by atoms with Crippen LogP contribution in [-0.4, -0.2) is 14.9 Å². The Hall–Kier alpha value is 1.07. The highest BCUT2D eigenvalue weighted by atomic mass is 127. The fraction of sp³-hybridized carbons (Fsp3) is 0.889. The van der Waals surface area contributed by atoms with Crippen molar-refractivity contribution in [2.24, 2.45) is 5.92 Å². The Morgan fingerprint density at radius 3 is 2.13 bits per heavy atom. The summed E-state index contributed by atoms with van der Waals surface area (Å²) in [5.74, 6) is 0.220. The van der Waals surface area contributed by atoms with Crippen LogP contribution in [0.5, 0.6) is 0 Å². The highest BCUT2D eigenvalue weighted by molar-refractivity contribution is 14.1. The lowest BCUT2D eigenvalue weighted by Crippen LogP contribution is -2.19. The molecule has 1 aliphatic carbocycles. The van der Waals surface area contributed by atoms with Gasteiger partial charge in [-0.05, 0) is 35.4 Å². The molecular formula is C9H14Cl3IO2. The first-order valence-corrected chi connectivity index (χ1v) is 7.56. The summed E-state index contributed by atoms with van der Waals surface area (Å²) in [6.07, 6.45) is 5.75. The van der Waals surface area contributed by atoms with Crippen LogP contribution in [0.25, 0.3) is 0 Å². The molecule has 0 aliphatic heterocycles. The summed E-state index contributed by atoms with van der Waals surface area (Å²) in [6, 6.07) is 0. The average molecular weight is 387 g/mol. The molecule has 90 valence electrons. The zero-order valence-electron chi connectivity index (χ0n) is 8.23. The third-order valence-corrected chi connectivity index (χ3v) is 2.45. The molecule has 2 nitrogen and oxygen atoms in total. The summed E-state index contributed by atoms with van der Waals surface area (Å²) in [5, 5.41) is 0. The van der Waals surface area contributed by atoms with Crippen molar-refractivity contribution < 1.29 is 9.53 Å². The van der Waals surface area contributed by atoms with Gasteiger partial charge in [0.2, 0.25) is 0 Å². The van der Waals surface area contributed by atoms with Gasteiger partial charge in [-0.1, -0.05) is 54.1 Å². The summed E-state index contributed by atoms with van der Waals surface area (Å²) in [4.78, 5) is 11.2. The van der Waals surface area contributed by atoms with Crippen molar-refractivity contribution in [2.45, 2.75) is 36.4 Å². The Labute approximate surface area is 119 Å². The van der Waals surface area contributed by atoms with Crippen molar-refractivity contribution in [1.29, 1.82) is 0 Å². The van der Waals surface area contributed by atoms with E-state index in [0.29, 0.717) is 4.61 Å². The molecular weight excluding hydrogens is 373 g/mol. The molecule has 1 fully saturated rings. The van der Waals surface area contributed by atoms with E-state index in [0.717, 1.165) is 12.8 Å². The van der Waals surface area contributed by atoms with Crippen LogP contribution >= 0.6 is 57.4 Å². The minimum Gasteiger partial charge on any atom is -0.455 e. The summed E-state index contributed by atoms with van der Waals surface area (Å²) < 4.78 is 4.67. The second-order valence-electron chi connectivity index (χ2n) is 3.15. The maximum absolute atomic E-state index is 11.2. The Bertz CT molecular complexity index is 170. The van der Waals surface area contributed by atoms with E-state index in [1.54, 1.807) is 0 Å². The number of halogens is 4. The van der Waals surface area contributed by atoms with E-state index >= 15 is 0 Å². The molecule has 0 radical (unpaired) electrons. The van der Waals surface area contributed by atoms with E-state index in [9.17, 15) is 4.79 Å². The number of carbonyl (C=O) groups excluding carboxylic acids is 1. The molecule has 0 spiro atoms. The quantitative estimate of drug-likeness (QED) is 0.396. The minimum absolute atomic E-state index is 0.0131. The first kappa shape index (κ1) is 16.1. The Morgan fingerprint density at radius 1 is 1.27 bits per heavy atom. The van der Waals surface area contributed by atoms with Gasteiger partial charge < -0.3 is 4.74 Å². The number of hydrogen-bond acceptors (Lipinski definition) is 2. The van der Waals surface area contributed by atoms with Gasteiger partial charge in [-0.3, -0.25) is 4.79 Å². The number of esters is 1. The fourth-order valence-electron chi connectivity index (χ4n) is 1.51. The topological polar surface area (TPSA) is 26.3 Å². The lowest BCUT2D eigenvalue weighted by molar-refractivity contribution is -0.146. The molecule has 0 N–H and O–H groups in total. The van der Waals surface area contributed by atoms with Crippen LogP contribution < -0.4 is 0 Å². The van der Waals surface area contributed by atoms with Crippen molar-refractivity contribution >= 4 is 63.4 Å². The van der Waals surface area contributed by atoms with Crippen LogP contribution in [0.4, 0.5) is 0 Å². The lowest BCUT2D eigenvalue weighted by atomic mass is 9.89. The van der Waals surface area contributed by atoms with Gasteiger partial charge in [0.05, 0.1) is 5.92 Å². The smallest absolute Gasteiger partial charge is 0.309 e. The van der Waals surface area contributed by atoms with Gasteiger partial charge in [-0.25, -0.2) is 0 Å². The van der Waals surface area contributed by atoms with Crippen molar-refractivity contribution in [3.63, 3.8) is 0 Å². The SMILES string of the molecule is ClC(Cl)Cl.O=C(OCI)C1CCCCC1. The molecule has 0 unspecified atom stereocenters. The van der Waals surface area contributed by atoms with E-state index in [2.05, 4.69) is 22.6 Å². The molecule has 0 aromatic heterocycles. The summed E-state index contributed by atoms with van der Waals surface area (Å²) >= 11 is 16.5. The number of rotatable bonds is 2. The molecule has 0 saturated heterocycles. The van der Waals surface area contributed by atoms with Gasteiger partial charge in [0.25, 0.3) is 0 Å². The van der Waals surface area contributed by atoms with Crippen LogP contribution in [0.1, 0.15) is 32.1 Å². The average Bonchev–Trinajstić information content (AvgIpc) is 2.19. The number of ether oxygens (including phenoxy) is 1. The predicted molar refractivity (Wildman–Crippen MR) is 72.9 cm³/mol. The van der Waals surface area contributed by atoms with Crippen LogP contribution in [-0.2, 0) is 9.53 Å². The van der Waals surface area contributed by atoms with Gasteiger partial charge in [0.1, 0.15) is 4.61 Å². The van der Waals surface area contributed by atoms with Crippen LogP contribution in [0.2, 0.25) is 0 Å². The zero-order valence-corrected chi connectivity index (χ0v) is 12.7. The standard InChI is InChI=1S/C8H13IO2.CHCl3/c9-6-11-8(10)7-4-2-1-3-5-7;2-1(3)4/h7H,1-6H2;1H. The second-order valence-corrected chi connectivity index (χ2v) is 5.76. The molecule has 0 atom stereocenters. The minimum atomic E-state index is -0.750. The monoisotopic (exact) mass is 386 g/mol. The van der Waals surface area contributed by atoms with Crippen LogP contribution in [0.3, 0.4) is 0 Å². The van der Waals surface area contributed by atoms with Gasteiger partial charge in [0, 0.05) is 0 Å². The highest BCUT2D eigenvalue weighted by Crippen LogP contribution is 2.24. The summed E-state index contributed by atoms with van der Waals surface area (Å²) in [5.41, 5.74) is 0. The molecule has 6 heteroatoms. The van der Waals surface area contributed by atoms with Crippen LogP contribution in [0.15, 0.2) is 0 Å². The Morgan fingerprint density at radius 2 is 1.73 bits per heavy atom. The number of carbonyl (C=O) groups is 1. The molecule has 0 heterocycles. The van der Waals surface area contributed by atoms with E-state index < -0.39 is 4.30 Å². The summed E-state index contributed by atoms with van der Waals surface area (Å²) in [7, 11) is 0. The molecule has 0 amide bonds. The fourth-order valence-corrected chi connectivity index (χ4v) is 1.82. The normalized spacial score (nSPS) is 16.9. The van der Waals surface area contributed by atoms with Crippen LogP contribution in [0, 0.1) is 5.92 Å². The third-order valence-electron chi connectivity index (χ3n) is 2.14. The van der Waals surface area contributed by atoms with E-state index in [1.165, 1.54) is 19.3 Å². The third kappa shape index (κ3) is 9.97. The Balaban J connectivity index is 0.000000423. The molecule has 15 heavy (non-hydrogen) atoms. The molecule has 1 rings (SSSR count). The van der Waals surface area contributed by atoms with Gasteiger partial charge >= 0.3 is 5.97 Å². The number of hydrogen-bond donors (Lipinski definition) is 0. The van der Waals surface area contributed by atoms with Crippen molar-refractivity contribution in [1.82, 2.24) is 0 Å². The summed E-state index contributed by atoms with van der Waals surface area (Å²) in [6.45, 7) is 0. The molecule has 1 aliphatic rings. The van der Waals surface area contributed by atoms with Gasteiger partial charge in [0.15, 0.2) is 4.30 Å². The molecule has 0 aromatic carbocycles. The first-order chi connectivity index (χ1) is 7.07. The van der Waals surface area contributed by atoms with Crippen molar-refractivity contribution in [3.8, 4) is 0 Å². The van der Waals surface area contributed by atoms with Gasteiger partial charge in [-0.15, -0.1) is 0 Å². The first-order valence-electron chi connectivity index (χ1n) is 4.72. The highest BCUT2D eigenvalue weighted by Gasteiger charge is 2.21. The largest absolute Gasteiger partial charge is 0.455 e. The molecule has 1 saturated carbocycles. The van der Waals surface area contributed by atoms with E-state index in [1.807, 2.05) is 0 Å². The predicted octanol–water partition coefficient (Wildman–Crippen LogP) is 4.49. The number of alkyl halides is 4. The van der Waals surface area contributed by atoms with Crippen molar-refractivity contribution in [3.05, 3.63) is 0 Å². The van der Waals surface area contributed by atoms with E-state index in [-0.39, 0.29) is 11.9 Å². The molecule has 0 aromatic rings. The molecule has 0 bridgehead atoms.